The average Bonchev–Trinajstić information content (AvgIpc) is 2.46. The molecule has 110 valence electrons. The first-order valence-corrected chi connectivity index (χ1v) is 7.81. The highest BCUT2D eigenvalue weighted by Gasteiger charge is 2.24. The second-order valence-electron chi connectivity index (χ2n) is 6.33. The average molecular weight is 267 g/mol. The molecule has 2 heterocycles. The van der Waals surface area contributed by atoms with Crippen LogP contribution in [-0.2, 0) is 4.79 Å². The molecule has 0 spiro atoms. The number of likely N-dealkylation sites (tertiary alicyclic amines) is 1. The molecule has 0 aromatic rings. The lowest BCUT2D eigenvalue weighted by Crippen LogP contribution is -2.44. The summed E-state index contributed by atoms with van der Waals surface area (Å²) in [6.07, 6.45) is 6.64. The molecular formula is C15H29N3O. The van der Waals surface area contributed by atoms with E-state index in [0.717, 1.165) is 57.8 Å². The van der Waals surface area contributed by atoms with Crippen molar-refractivity contribution in [3.8, 4) is 0 Å². The summed E-state index contributed by atoms with van der Waals surface area (Å²) in [7, 11) is 4.27. The van der Waals surface area contributed by atoms with E-state index in [0.29, 0.717) is 11.9 Å². The molecule has 2 aliphatic rings. The van der Waals surface area contributed by atoms with Crippen molar-refractivity contribution in [2.24, 2.45) is 5.92 Å². The van der Waals surface area contributed by atoms with E-state index in [1.807, 2.05) is 0 Å². The molecule has 0 aromatic heterocycles. The molecule has 1 unspecified atom stereocenters. The normalized spacial score (nSPS) is 25.8. The Morgan fingerprint density at radius 2 is 2.00 bits per heavy atom. The van der Waals surface area contributed by atoms with Crippen LogP contribution in [-0.4, -0.2) is 62.0 Å². The zero-order valence-corrected chi connectivity index (χ0v) is 12.5. The van der Waals surface area contributed by atoms with Crippen LogP contribution in [0, 0.1) is 5.92 Å². The number of piperidine rings is 2. The fourth-order valence-electron chi connectivity index (χ4n) is 3.29. The Kier molecular flexibility index (Phi) is 5.64. The van der Waals surface area contributed by atoms with Crippen LogP contribution in [0.15, 0.2) is 0 Å². The quantitative estimate of drug-likeness (QED) is 0.834. The highest BCUT2D eigenvalue weighted by molar-refractivity contribution is 5.76. The number of hydrogen-bond acceptors (Lipinski definition) is 3. The first-order chi connectivity index (χ1) is 9.16. The van der Waals surface area contributed by atoms with Gasteiger partial charge in [-0.3, -0.25) is 4.79 Å². The number of rotatable bonds is 4. The van der Waals surface area contributed by atoms with Crippen LogP contribution in [0.4, 0.5) is 0 Å². The molecule has 1 atom stereocenters. The lowest BCUT2D eigenvalue weighted by atomic mass is 9.94. The van der Waals surface area contributed by atoms with Crippen LogP contribution in [0.25, 0.3) is 0 Å². The van der Waals surface area contributed by atoms with Crippen molar-refractivity contribution < 1.29 is 4.79 Å². The molecular weight excluding hydrogens is 238 g/mol. The fraction of sp³-hybridized carbons (Fsp3) is 0.933. The summed E-state index contributed by atoms with van der Waals surface area (Å²) in [6.45, 7) is 4.16. The monoisotopic (exact) mass is 267 g/mol. The Morgan fingerprint density at radius 1 is 1.26 bits per heavy atom. The fourth-order valence-corrected chi connectivity index (χ4v) is 3.29. The highest BCUT2D eigenvalue weighted by atomic mass is 16.2. The molecule has 4 heteroatoms. The Hall–Kier alpha value is -0.610. The highest BCUT2D eigenvalue weighted by Crippen LogP contribution is 2.19. The topological polar surface area (TPSA) is 35.6 Å². The van der Waals surface area contributed by atoms with E-state index < -0.39 is 0 Å². The number of carbonyl (C=O) groups excluding carboxylic acids is 1. The molecule has 2 rings (SSSR count). The third-order valence-corrected chi connectivity index (χ3v) is 4.71. The number of nitrogens with one attached hydrogen (secondary N) is 1. The summed E-state index contributed by atoms with van der Waals surface area (Å²) in [4.78, 5) is 16.6. The van der Waals surface area contributed by atoms with Crippen molar-refractivity contribution in [2.75, 3.05) is 40.3 Å². The predicted molar refractivity (Wildman–Crippen MR) is 78.1 cm³/mol. The first-order valence-electron chi connectivity index (χ1n) is 7.81. The van der Waals surface area contributed by atoms with Gasteiger partial charge in [0.05, 0.1) is 0 Å². The third-order valence-electron chi connectivity index (χ3n) is 4.71. The molecule has 1 amide bonds. The second kappa shape index (κ2) is 7.25. The predicted octanol–water partition coefficient (Wildman–Crippen LogP) is 1.32. The van der Waals surface area contributed by atoms with Crippen molar-refractivity contribution >= 4 is 5.91 Å². The SMILES string of the molecule is CN(C)C1CCN(C(=O)CCC2CCCNC2)CC1. The maximum atomic E-state index is 12.2. The molecule has 0 bridgehead atoms. The number of carbonyl (C=O) groups is 1. The van der Waals surface area contributed by atoms with E-state index in [1.165, 1.54) is 12.8 Å². The second-order valence-corrected chi connectivity index (χ2v) is 6.33. The van der Waals surface area contributed by atoms with Crippen LogP contribution in [0.2, 0.25) is 0 Å². The molecule has 2 saturated heterocycles. The van der Waals surface area contributed by atoms with E-state index in [9.17, 15) is 4.79 Å². The Balaban J connectivity index is 1.66. The molecule has 0 aromatic carbocycles. The summed E-state index contributed by atoms with van der Waals surface area (Å²) >= 11 is 0. The van der Waals surface area contributed by atoms with Gasteiger partial charge in [-0.05, 0) is 65.2 Å². The van der Waals surface area contributed by atoms with E-state index in [-0.39, 0.29) is 0 Å². The minimum absolute atomic E-state index is 0.378. The van der Waals surface area contributed by atoms with Gasteiger partial charge in [-0.25, -0.2) is 0 Å². The van der Waals surface area contributed by atoms with Crippen LogP contribution in [0.3, 0.4) is 0 Å². The maximum absolute atomic E-state index is 12.2. The maximum Gasteiger partial charge on any atom is 0.222 e. The molecule has 19 heavy (non-hydrogen) atoms. The van der Waals surface area contributed by atoms with Gasteiger partial charge < -0.3 is 15.1 Å². The largest absolute Gasteiger partial charge is 0.343 e. The first kappa shape index (κ1) is 14.8. The molecule has 2 aliphatic heterocycles. The summed E-state index contributed by atoms with van der Waals surface area (Å²) in [5.74, 6) is 1.10. The molecule has 0 radical (unpaired) electrons. The Bertz CT molecular complexity index is 279. The van der Waals surface area contributed by atoms with Gasteiger partial charge in [0, 0.05) is 25.6 Å². The molecule has 0 saturated carbocycles. The van der Waals surface area contributed by atoms with Crippen molar-refractivity contribution in [1.82, 2.24) is 15.1 Å². The zero-order valence-electron chi connectivity index (χ0n) is 12.5. The lowest BCUT2D eigenvalue weighted by molar-refractivity contribution is -0.133. The van der Waals surface area contributed by atoms with Gasteiger partial charge in [0.2, 0.25) is 5.91 Å². The van der Waals surface area contributed by atoms with Crippen LogP contribution in [0.1, 0.15) is 38.5 Å². The van der Waals surface area contributed by atoms with Gasteiger partial charge in [0.15, 0.2) is 0 Å². The zero-order chi connectivity index (χ0) is 13.7. The van der Waals surface area contributed by atoms with E-state index in [4.69, 9.17) is 0 Å². The van der Waals surface area contributed by atoms with Crippen molar-refractivity contribution in [2.45, 2.75) is 44.6 Å². The Morgan fingerprint density at radius 3 is 2.58 bits per heavy atom. The number of nitrogens with zero attached hydrogens (tertiary/aromatic N) is 2. The molecule has 4 nitrogen and oxygen atoms in total. The molecule has 0 aliphatic carbocycles. The van der Waals surface area contributed by atoms with Gasteiger partial charge in [-0.2, -0.15) is 0 Å². The van der Waals surface area contributed by atoms with Crippen molar-refractivity contribution in [3.05, 3.63) is 0 Å². The smallest absolute Gasteiger partial charge is 0.222 e. The standard InChI is InChI=1S/C15H29N3O/c1-17(2)14-7-10-18(11-8-14)15(19)6-5-13-4-3-9-16-12-13/h13-14,16H,3-12H2,1-2H3. The minimum atomic E-state index is 0.378. The van der Waals surface area contributed by atoms with Crippen LogP contribution < -0.4 is 5.32 Å². The van der Waals surface area contributed by atoms with Crippen molar-refractivity contribution in [1.29, 1.82) is 0 Å². The Labute approximate surface area is 117 Å². The van der Waals surface area contributed by atoms with Crippen molar-refractivity contribution in [3.63, 3.8) is 0 Å². The van der Waals surface area contributed by atoms with E-state index >= 15 is 0 Å². The molecule has 1 N–H and O–H groups in total. The summed E-state index contributed by atoms with van der Waals surface area (Å²) in [5.41, 5.74) is 0. The van der Waals surface area contributed by atoms with Gasteiger partial charge in [0.25, 0.3) is 0 Å². The lowest BCUT2D eigenvalue weighted by Gasteiger charge is -2.35. The summed E-state index contributed by atoms with van der Waals surface area (Å²) < 4.78 is 0. The number of amides is 1. The van der Waals surface area contributed by atoms with E-state index in [2.05, 4.69) is 29.2 Å². The van der Waals surface area contributed by atoms with Crippen LogP contribution >= 0.6 is 0 Å². The van der Waals surface area contributed by atoms with Gasteiger partial charge in [0.1, 0.15) is 0 Å². The number of hydrogen-bond donors (Lipinski definition) is 1. The third kappa shape index (κ3) is 4.46. The van der Waals surface area contributed by atoms with Gasteiger partial charge in [-0.15, -0.1) is 0 Å². The summed E-state index contributed by atoms with van der Waals surface area (Å²) in [5, 5.41) is 3.43. The van der Waals surface area contributed by atoms with Gasteiger partial charge in [-0.1, -0.05) is 0 Å². The van der Waals surface area contributed by atoms with Crippen LogP contribution in [0.5, 0.6) is 0 Å². The van der Waals surface area contributed by atoms with E-state index in [1.54, 1.807) is 0 Å². The molecule has 2 fully saturated rings. The minimum Gasteiger partial charge on any atom is -0.343 e. The van der Waals surface area contributed by atoms with Gasteiger partial charge >= 0.3 is 0 Å². The summed E-state index contributed by atoms with van der Waals surface area (Å²) in [6, 6.07) is 0.659.